The number of hydrogen-bond acceptors (Lipinski definition) is 1. The average molecular weight is 231 g/mol. The second-order valence-electron chi connectivity index (χ2n) is 6.93. The number of rotatable bonds is 0. The van der Waals surface area contributed by atoms with Crippen LogP contribution in [0.4, 0.5) is 0 Å². The van der Waals surface area contributed by atoms with Crippen molar-refractivity contribution in [3.63, 3.8) is 0 Å². The lowest BCUT2D eigenvalue weighted by Crippen LogP contribution is -2.23. The molecule has 1 heteroatoms. The van der Waals surface area contributed by atoms with Crippen LogP contribution in [0.15, 0.2) is 17.1 Å². The number of allylic oxidation sites excluding steroid dienone is 2. The van der Waals surface area contributed by atoms with Gasteiger partial charge in [-0.05, 0) is 68.3 Å². The monoisotopic (exact) mass is 231 g/mol. The Hall–Kier alpha value is -0.590. The van der Waals surface area contributed by atoms with Gasteiger partial charge in [-0.15, -0.1) is 0 Å². The van der Waals surface area contributed by atoms with Gasteiger partial charge in [0.05, 0.1) is 6.04 Å². The average Bonchev–Trinajstić information content (AvgIpc) is 3.11. The van der Waals surface area contributed by atoms with Crippen LogP contribution in [0, 0.1) is 22.7 Å². The molecule has 0 aromatic heterocycles. The lowest BCUT2D eigenvalue weighted by molar-refractivity contribution is 0.276. The molecule has 0 radical (unpaired) electrons. The van der Waals surface area contributed by atoms with Gasteiger partial charge < -0.3 is 0 Å². The zero-order valence-corrected chi connectivity index (χ0v) is 11.7. The molecule has 0 aromatic rings. The largest absolute Gasteiger partial charge is 0.287 e. The molecule has 0 bridgehead atoms. The van der Waals surface area contributed by atoms with Crippen LogP contribution < -0.4 is 0 Å². The molecule has 2 saturated carbocycles. The van der Waals surface area contributed by atoms with Gasteiger partial charge in [-0.3, -0.25) is 4.99 Å². The maximum Gasteiger partial charge on any atom is 0.0505 e. The van der Waals surface area contributed by atoms with Gasteiger partial charge in [-0.1, -0.05) is 19.9 Å². The summed E-state index contributed by atoms with van der Waals surface area (Å²) in [5.74, 6) is 1.75. The molecule has 94 valence electrons. The van der Waals surface area contributed by atoms with Crippen molar-refractivity contribution in [3.05, 3.63) is 12.2 Å². The molecule has 0 N–H and O–H groups in total. The lowest BCUT2D eigenvalue weighted by atomic mass is 9.83. The molecule has 1 aliphatic heterocycles. The predicted molar refractivity (Wildman–Crippen MR) is 73.4 cm³/mol. The topological polar surface area (TPSA) is 12.4 Å². The Morgan fingerprint density at radius 2 is 2.12 bits per heavy atom. The van der Waals surface area contributed by atoms with Crippen LogP contribution in [-0.4, -0.2) is 11.8 Å². The van der Waals surface area contributed by atoms with Crippen molar-refractivity contribution < 1.29 is 0 Å². The smallest absolute Gasteiger partial charge is 0.0505 e. The van der Waals surface area contributed by atoms with Gasteiger partial charge >= 0.3 is 0 Å². The van der Waals surface area contributed by atoms with Gasteiger partial charge in [0.25, 0.3) is 0 Å². The third kappa shape index (κ3) is 1.54. The SMILES string of the molecule is CC1=N/C(C)[C@H](C)[C@@]2(C)CC23C[C@@H]3CC/C=C\1. The van der Waals surface area contributed by atoms with E-state index in [0.717, 1.165) is 17.3 Å². The van der Waals surface area contributed by atoms with E-state index < -0.39 is 0 Å². The first-order valence-electron chi connectivity index (χ1n) is 7.20. The van der Waals surface area contributed by atoms with E-state index in [-0.39, 0.29) is 0 Å². The van der Waals surface area contributed by atoms with E-state index in [2.05, 4.69) is 39.8 Å². The summed E-state index contributed by atoms with van der Waals surface area (Å²) < 4.78 is 0. The Morgan fingerprint density at radius 1 is 1.35 bits per heavy atom. The van der Waals surface area contributed by atoms with E-state index in [9.17, 15) is 0 Å². The molecule has 0 saturated heterocycles. The fourth-order valence-electron chi connectivity index (χ4n) is 4.46. The van der Waals surface area contributed by atoms with Gasteiger partial charge in [-0.25, -0.2) is 0 Å². The zero-order chi connectivity index (χ0) is 12.3. The fraction of sp³-hybridized carbons (Fsp3) is 0.812. The maximum atomic E-state index is 4.86. The number of hydrogen-bond donors (Lipinski definition) is 0. The van der Waals surface area contributed by atoms with Crippen LogP contribution in [0.3, 0.4) is 0 Å². The summed E-state index contributed by atoms with van der Waals surface area (Å²) in [4.78, 5) is 4.86. The first kappa shape index (κ1) is 11.5. The minimum atomic E-state index is 0.475. The van der Waals surface area contributed by atoms with Gasteiger partial charge in [-0.2, -0.15) is 0 Å². The summed E-state index contributed by atoms with van der Waals surface area (Å²) in [7, 11) is 0. The van der Waals surface area contributed by atoms with Crippen LogP contribution in [0.5, 0.6) is 0 Å². The Bertz CT molecular complexity index is 394. The first-order chi connectivity index (χ1) is 7.99. The Labute approximate surface area is 105 Å². The first-order valence-corrected chi connectivity index (χ1v) is 7.20. The van der Waals surface area contributed by atoms with Crippen LogP contribution in [0.1, 0.15) is 53.4 Å². The highest BCUT2D eigenvalue weighted by Gasteiger charge is 2.78. The second kappa shape index (κ2) is 3.46. The molecular weight excluding hydrogens is 206 g/mol. The molecule has 5 atom stereocenters. The van der Waals surface area contributed by atoms with Crippen molar-refractivity contribution >= 4 is 5.71 Å². The van der Waals surface area contributed by atoms with Crippen LogP contribution >= 0.6 is 0 Å². The maximum absolute atomic E-state index is 4.86. The van der Waals surface area contributed by atoms with E-state index in [1.54, 1.807) is 0 Å². The van der Waals surface area contributed by atoms with Crippen molar-refractivity contribution in [3.8, 4) is 0 Å². The molecule has 1 heterocycles. The summed E-state index contributed by atoms with van der Waals surface area (Å²) in [5.41, 5.74) is 2.53. The predicted octanol–water partition coefficient (Wildman–Crippen LogP) is 4.24. The highest BCUT2D eigenvalue weighted by atomic mass is 14.9. The van der Waals surface area contributed by atoms with Crippen LogP contribution in [0.2, 0.25) is 0 Å². The van der Waals surface area contributed by atoms with Gasteiger partial charge in [0.15, 0.2) is 0 Å². The summed E-state index contributed by atoms with van der Waals surface area (Å²) in [5, 5.41) is 0. The van der Waals surface area contributed by atoms with Crippen molar-refractivity contribution in [2.24, 2.45) is 27.7 Å². The normalized spacial score (nSPS) is 57.9. The third-order valence-corrected chi connectivity index (χ3v) is 6.10. The molecular formula is C16H25N. The Kier molecular flexibility index (Phi) is 2.34. The Balaban J connectivity index is 1.87. The summed E-state index contributed by atoms with van der Waals surface area (Å²) in [6.45, 7) is 9.38. The molecule has 2 fully saturated rings. The van der Waals surface area contributed by atoms with Crippen LogP contribution in [0.25, 0.3) is 0 Å². The molecule has 0 aromatic carbocycles. The highest BCUT2D eigenvalue weighted by molar-refractivity contribution is 5.92. The Morgan fingerprint density at radius 3 is 2.88 bits per heavy atom. The molecule has 0 amide bonds. The molecule has 2 unspecified atom stereocenters. The lowest BCUT2D eigenvalue weighted by Gasteiger charge is -2.25. The number of nitrogens with zero attached hydrogens (tertiary/aromatic N) is 1. The van der Waals surface area contributed by atoms with E-state index in [0.29, 0.717) is 11.5 Å². The van der Waals surface area contributed by atoms with E-state index in [1.165, 1.54) is 31.4 Å². The van der Waals surface area contributed by atoms with E-state index >= 15 is 0 Å². The molecule has 2 aliphatic carbocycles. The zero-order valence-electron chi connectivity index (χ0n) is 11.7. The molecule has 1 spiro atoms. The second-order valence-corrected chi connectivity index (χ2v) is 6.93. The number of aliphatic imine (C=N–C) groups is 1. The minimum absolute atomic E-state index is 0.475. The summed E-state index contributed by atoms with van der Waals surface area (Å²) >= 11 is 0. The van der Waals surface area contributed by atoms with Crippen molar-refractivity contribution in [1.82, 2.24) is 0 Å². The van der Waals surface area contributed by atoms with Crippen molar-refractivity contribution in [2.45, 2.75) is 59.4 Å². The highest BCUT2D eigenvalue weighted by Crippen LogP contribution is 2.85. The molecule has 3 aliphatic rings. The molecule has 3 rings (SSSR count). The molecule has 1 nitrogen and oxygen atoms in total. The van der Waals surface area contributed by atoms with E-state index in [4.69, 9.17) is 4.99 Å². The van der Waals surface area contributed by atoms with Gasteiger partial charge in [0.2, 0.25) is 0 Å². The van der Waals surface area contributed by atoms with E-state index in [1.807, 2.05) is 0 Å². The standard InChI is InChI=1S/C16H25N/c1-11-7-5-6-8-14-9-16(14)10-15(16,4)12(2)13(3)17-11/h5,7,12-14H,6,8-10H2,1-4H3/b7-5-,17-11-/t12-,13?,14-,15+,16?/m0/s1. The summed E-state index contributed by atoms with van der Waals surface area (Å²) in [6, 6.07) is 0.475. The summed E-state index contributed by atoms with van der Waals surface area (Å²) in [6.07, 6.45) is 10.2. The van der Waals surface area contributed by atoms with Crippen molar-refractivity contribution in [2.75, 3.05) is 0 Å². The van der Waals surface area contributed by atoms with Crippen LogP contribution in [-0.2, 0) is 0 Å². The van der Waals surface area contributed by atoms with Crippen molar-refractivity contribution in [1.29, 1.82) is 0 Å². The third-order valence-electron chi connectivity index (χ3n) is 6.10. The molecule has 17 heavy (non-hydrogen) atoms. The fourth-order valence-corrected chi connectivity index (χ4v) is 4.46. The van der Waals surface area contributed by atoms with Gasteiger partial charge in [0.1, 0.15) is 0 Å². The minimum Gasteiger partial charge on any atom is -0.287 e. The van der Waals surface area contributed by atoms with Gasteiger partial charge in [0, 0.05) is 5.71 Å². The quantitative estimate of drug-likeness (QED) is 0.591.